The Bertz CT molecular complexity index is 560. The van der Waals surface area contributed by atoms with Gasteiger partial charge in [-0.1, -0.05) is 29.8 Å². The van der Waals surface area contributed by atoms with Crippen molar-refractivity contribution in [2.75, 3.05) is 13.2 Å². The quantitative estimate of drug-likeness (QED) is 0.608. The molecule has 3 N–H and O–H groups in total. The molecule has 0 radical (unpaired) electrons. The molecule has 0 aliphatic heterocycles. The van der Waals surface area contributed by atoms with Gasteiger partial charge in [0.2, 0.25) is 0 Å². The summed E-state index contributed by atoms with van der Waals surface area (Å²) >= 11 is 5.92. The molecule has 0 spiro atoms. The van der Waals surface area contributed by atoms with Crippen molar-refractivity contribution in [2.24, 2.45) is 5.84 Å². The standard InChI is InChI=1S/C16H19ClN2O2/c1-2-20-14-8-6-12(7-9-14)16(19-18)11-21-15-5-3-4-13(17)10-15/h3-10,16,19H,2,11,18H2,1H3. The molecule has 0 amide bonds. The van der Waals surface area contributed by atoms with Gasteiger partial charge in [-0.2, -0.15) is 0 Å². The van der Waals surface area contributed by atoms with Gasteiger partial charge in [0, 0.05) is 5.02 Å². The minimum absolute atomic E-state index is 0.111. The minimum atomic E-state index is -0.111. The van der Waals surface area contributed by atoms with E-state index < -0.39 is 0 Å². The number of hydrogen-bond acceptors (Lipinski definition) is 4. The highest BCUT2D eigenvalue weighted by molar-refractivity contribution is 6.30. The number of hydrazine groups is 1. The summed E-state index contributed by atoms with van der Waals surface area (Å²) in [7, 11) is 0. The summed E-state index contributed by atoms with van der Waals surface area (Å²) in [6, 6.07) is 14.9. The highest BCUT2D eigenvalue weighted by Gasteiger charge is 2.11. The summed E-state index contributed by atoms with van der Waals surface area (Å²) in [5.41, 5.74) is 3.79. The maximum Gasteiger partial charge on any atom is 0.120 e. The Morgan fingerprint density at radius 1 is 1.10 bits per heavy atom. The van der Waals surface area contributed by atoms with Crippen LogP contribution in [0, 0.1) is 0 Å². The Hall–Kier alpha value is -1.75. The zero-order valence-electron chi connectivity index (χ0n) is 11.9. The second kappa shape index (κ2) is 7.88. The third-order valence-electron chi connectivity index (χ3n) is 3.01. The Labute approximate surface area is 129 Å². The lowest BCUT2D eigenvalue weighted by Crippen LogP contribution is -2.32. The number of benzene rings is 2. The molecule has 4 nitrogen and oxygen atoms in total. The SMILES string of the molecule is CCOc1ccc(C(COc2cccc(Cl)c2)NN)cc1. The average Bonchev–Trinajstić information content (AvgIpc) is 2.50. The van der Waals surface area contributed by atoms with Crippen LogP contribution in [0.4, 0.5) is 0 Å². The molecule has 2 aromatic carbocycles. The molecular weight excluding hydrogens is 288 g/mol. The van der Waals surface area contributed by atoms with E-state index >= 15 is 0 Å². The molecule has 2 aromatic rings. The molecule has 0 saturated carbocycles. The first kappa shape index (κ1) is 15.6. The Morgan fingerprint density at radius 2 is 1.86 bits per heavy atom. The fraction of sp³-hybridized carbons (Fsp3) is 0.250. The van der Waals surface area contributed by atoms with Crippen molar-refractivity contribution in [3.8, 4) is 11.5 Å². The predicted molar refractivity (Wildman–Crippen MR) is 84.6 cm³/mol. The largest absolute Gasteiger partial charge is 0.494 e. The number of ether oxygens (including phenoxy) is 2. The molecule has 112 valence electrons. The van der Waals surface area contributed by atoms with Gasteiger partial charge in [0.15, 0.2) is 0 Å². The molecule has 2 rings (SSSR count). The van der Waals surface area contributed by atoms with Gasteiger partial charge < -0.3 is 9.47 Å². The lowest BCUT2D eigenvalue weighted by atomic mass is 10.1. The first-order chi connectivity index (χ1) is 10.2. The van der Waals surface area contributed by atoms with E-state index in [2.05, 4.69) is 5.43 Å². The number of rotatable bonds is 7. The van der Waals surface area contributed by atoms with E-state index in [0.29, 0.717) is 24.0 Å². The molecule has 1 atom stereocenters. The van der Waals surface area contributed by atoms with E-state index in [0.717, 1.165) is 11.3 Å². The van der Waals surface area contributed by atoms with Gasteiger partial charge in [-0.3, -0.25) is 5.84 Å². The minimum Gasteiger partial charge on any atom is -0.494 e. The van der Waals surface area contributed by atoms with Gasteiger partial charge >= 0.3 is 0 Å². The first-order valence-corrected chi connectivity index (χ1v) is 7.18. The van der Waals surface area contributed by atoms with Gasteiger partial charge in [0.05, 0.1) is 12.6 Å². The summed E-state index contributed by atoms with van der Waals surface area (Å²) in [5, 5.41) is 0.644. The summed E-state index contributed by atoms with van der Waals surface area (Å²) in [4.78, 5) is 0. The van der Waals surface area contributed by atoms with Crippen LogP contribution < -0.4 is 20.7 Å². The summed E-state index contributed by atoms with van der Waals surface area (Å²) in [5.74, 6) is 7.17. The molecule has 0 fully saturated rings. The van der Waals surface area contributed by atoms with Crippen LogP contribution in [0.25, 0.3) is 0 Å². The Kier molecular flexibility index (Phi) is 5.87. The van der Waals surface area contributed by atoms with Gasteiger partial charge in [-0.05, 0) is 42.8 Å². The number of hydrogen-bond donors (Lipinski definition) is 2. The van der Waals surface area contributed by atoms with Crippen LogP contribution >= 0.6 is 11.6 Å². The van der Waals surface area contributed by atoms with E-state index in [1.807, 2.05) is 43.3 Å². The van der Waals surface area contributed by atoms with Crippen LogP contribution in [0.5, 0.6) is 11.5 Å². The van der Waals surface area contributed by atoms with Crippen LogP contribution in [-0.2, 0) is 0 Å². The monoisotopic (exact) mass is 306 g/mol. The van der Waals surface area contributed by atoms with Gasteiger partial charge in [-0.25, -0.2) is 5.43 Å². The zero-order valence-corrected chi connectivity index (χ0v) is 12.6. The van der Waals surface area contributed by atoms with Crippen LogP contribution in [-0.4, -0.2) is 13.2 Å². The van der Waals surface area contributed by atoms with Crippen molar-refractivity contribution in [1.82, 2.24) is 5.43 Å². The van der Waals surface area contributed by atoms with Crippen molar-refractivity contribution in [3.63, 3.8) is 0 Å². The molecule has 21 heavy (non-hydrogen) atoms. The van der Waals surface area contributed by atoms with E-state index in [9.17, 15) is 0 Å². The fourth-order valence-electron chi connectivity index (χ4n) is 1.94. The van der Waals surface area contributed by atoms with Crippen LogP contribution in [0.2, 0.25) is 5.02 Å². The van der Waals surface area contributed by atoms with Crippen molar-refractivity contribution in [3.05, 3.63) is 59.1 Å². The van der Waals surface area contributed by atoms with E-state index in [1.165, 1.54) is 0 Å². The average molecular weight is 307 g/mol. The topological polar surface area (TPSA) is 56.5 Å². The smallest absolute Gasteiger partial charge is 0.120 e. The summed E-state index contributed by atoms with van der Waals surface area (Å²) < 4.78 is 11.1. The van der Waals surface area contributed by atoms with Gasteiger partial charge in [0.1, 0.15) is 18.1 Å². The van der Waals surface area contributed by atoms with E-state index in [1.54, 1.807) is 12.1 Å². The Balaban J connectivity index is 1.99. The predicted octanol–water partition coefficient (Wildman–Crippen LogP) is 3.32. The highest BCUT2D eigenvalue weighted by Crippen LogP contribution is 2.21. The molecule has 1 unspecified atom stereocenters. The van der Waals surface area contributed by atoms with Crippen LogP contribution in [0.1, 0.15) is 18.5 Å². The molecule has 0 aromatic heterocycles. The maximum atomic E-state index is 5.92. The van der Waals surface area contributed by atoms with Crippen molar-refractivity contribution < 1.29 is 9.47 Å². The lowest BCUT2D eigenvalue weighted by Gasteiger charge is -2.17. The second-order valence-corrected chi connectivity index (χ2v) is 4.93. The third kappa shape index (κ3) is 4.63. The third-order valence-corrected chi connectivity index (χ3v) is 3.24. The first-order valence-electron chi connectivity index (χ1n) is 6.80. The van der Waals surface area contributed by atoms with Gasteiger partial charge in [0.25, 0.3) is 0 Å². The van der Waals surface area contributed by atoms with E-state index in [4.69, 9.17) is 26.9 Å². The number of nitrogens with one attached hydrogen (secondary N) is 1. The van der Waals surface area contributed by atoms with Crippen molar-refractivity contribution >= 4 is 11.6 Å². The second-order valence-electron chi connectivity index (χ2n) is 4.49. The maximum absolute atomic E-state index is 5.92. The van der Waals surface area contributed by atoms with E-state index in [-0.39, 0.29) is 6.04 Å². The lowest BCUT2D eigenvalue weighted by molar-refractivity contribution is 0.267. The Morgan fingerprint density at radius 3 is 2.48 bits per heavy atom. The van der Waals surface area contributed by atoms with Crippen LogP contribution in [0.15, 0.2) is 48.5 Å². The molecule has 0 bridgehead atoms. The molecule has 5 heteroatoms. The fourth-order valence-corrected chi connectivity index (χ4v) is 2.12. The molecule has 0 saturated heterocycles. The number of halogens is 1. The summed E-state index contributed by atoms with van der Waals surface area (Å²) in [6.07, 6.45) is 0. The highest BCUT2D eigenvalue weighted by atomic mass is 35.5. The molecular formula is C16H19ClN2O2. The molecule has 0 aliphatic carbocycles. The summed E-state index contributed by atoms with van der Waals surface area (Å²) in [6.45, 7) is 3.01. The van der Waals surface area contributed by atoms with Crippen molar-refractivity contribution in [1.29, 1.82) is 0 Å². The number of nitrogens with two attached hydrogens (primary N) is 1. The van der Waals surface area contributed by atoms with Crippen molar-refractivity contribution in [2.45, 2.75) is 13.0 Å². The molecule has 0 heterocycles. The zero-order chi connectivity index (χ0) is 15.1. The normalized spacial score (nSPS) is 12.0. The molecule has 0 aliphatic rings. The van der Waals surface area contributed by atoms with Crippen LogP contribution in [0.3, 0.4) is 0 Å². The van der Waals surface area contributed by atoms with Gasteiger partial charge in [-0.15, -0.1) is 0 Å².